The van der Waals surface area contributed by atoms with Gasteiger partial charge in [-0.3, -0.25) is 9.69 Å². The van der Waals surface area contributed by atoms with Crippen molar-refractivity contribution in [2.24, 2.45) is 0 Å². The summed E-state index contributed by atoms with van der Waals surface area (Å²) in [7, 11) is 7.51. The third kappa shape index (κ3) is 3.89. The van der Waals surface area contributed by atoms with E-state index in [1.54, 1.807) is 13.4 Å². The number of aromatic nitrogens is 2. The topological polar surface area (TPSA) is 83.1 Å². The average molecular weight is 364 g/mol. The summed E-state index contributed by atoms with van der Waals surface area (Å²) in [6, 6.07) is 1.72. The molecule has 0 saturated carbocycles. The van der Waals surface area contributed by atoms with E-state index in [2.05, 4.69) is 25.1 Å². The number of amides is 1. The Bertz CT molecular complexity index is 635. The Labute approximate surface area is 154 Å². The van der Waals surface area contributed by atoms with Crippen LogP contribution in [-0.4, -0.2) is 100 Å². The molecule has 0 aromatic carbocycles. The van der Waals surface area contributed by atoms with Crippen LogP contribution < -0.4 is 15.1 Å². The maximum Gasteiger partial charge on any atom is 0.239 e. The molecular formula is C17H28N6O3. The van der Waals surface area contributed by atoms with Crippen LogP contribution in [0.25, 0.3) is 0 Å². The molecule has 9 nitrogen and oxygen atoms in total. The first-order chi connectivity index (χ1) is 12.4. The molecule has 2 saturated heterocycles. The number of carbonyl (C=O) groups excluding carboxylic acids is 1. The number of likely N-dealkylation sites (N-methyl/N-ethyl adjacent to an activating group) is 1. The smallest absolute Gasteiger partial charge is 0.239 e. The van der Waals surface area contributed by atoms with Gasteiger partial charge in [0.1, 0.15) is 29.6 Å². The van der Waals surface area contributed by atoms with E-state index in [9.17, 15) is 4.79 Å². The Balaban J connectivity index is 1.54. The molecule has 26 heavy (non-hydrogen) atoms. The zero-order valence-corrected chi connectivity index (χ0v) is 15.9. The van der Waals surface area contributed by atoms with E-state index >= 15 is 0 Å². The molecular weight excluding hydrogens is 336 g/mol. The average Bonchev–Trinajstić information content (AvgIpc) is 2.59. The lowest BCUT2D eigenvalue weighted by Gasteiger charge is -2.55. The summed E-state index contributed by atoms with van der Waals surface area (Å²) in [6.45, 7) is 3.67. The van der Waals surface area contributed by atoms with Crippen LogP contribution in [0.1, 0.15) is 0 Å². The summed E-state index contributed by atoms with van der Waals surface area (Å²) in [4.78, 5) is 27.1. The van der Waals surface area contributed by atoms with Crippen molar-refractivity contribution in [3.63, 3.8) is 0 Å². The fraction of sp³-hybridized carbons (Fsp3) is 0.706. The van der Waals surface area contributed by atoms with Crippen molar-refractivity contribution in [1.29, 1.82) is 0 Å². The fourth-order valence-electron chi connectivity index (χ4n) is 3.42. The summed E-state index contributed by atoms with van der Waals surface area (Å²) < 4.78 is 11.1. The van der Waals surface area contributed by atoms with Crippen molar-refractivity contribution >= 4 is 17.5 Å². The maximum atomic E-state index is 12.3. The third-order valence-electron chi connectivity index (χ3n) is 4.90. The van der Waals surface area contributed by atoms with E-state index in [0.717, 1.165) is 31.3 Å². The molecule has 2 aliphatic rings. The third-order valence-corrected chi connectivity index (χ3v) is 4.90. The van der Waals surface area contributed by atoms with Crippen LogP contribution in [0.2, 0.25) is 0 Å². The molecule has 3 heterocycles. The van der Waals surface area contributed by atoms with Gasteiger partial charge in [0.05, 0.1) is 26.3 Å². The standard InChI is InChI=1S/C17H28N6O3/c1-21(2)14-7-15(20-12-19-14)23-10-17(11-23)9-22(3)13(8-26-17)16(24)18-5-6-25-4/h7,12-13H,5-6,8-11H2,1-4H3,(H,18,24). The number of carbonyl (C=O) groups is 1. The van der Waals surface area contributed by atoms with Crippen molar-refractivity contribution in [3.05, 3.63) is 12.4 Å². The van der Waals surface area contributed by atoms with E-state index in [0.29, 0.717) is 19.8 Å². The summed E-state index contributed by atoms with van der Waals surface area (Å²) in [5.74, 6) is 1.77. The Kier molecular flexibility index (Phi) is 5.59. The minimum atomic E-state index is -0.258. The van der Waals surface area contributed by atoms with Crippen LogP contribution in [0, 0.1) is 0 Å². The van der Waals surface area contributed by atoms with Crippen molar-refractivity contribution in [1.82, 2.24) is 20.2 Å². The van der Waals surface area contributed by atoms with E-state index in [1.165, 1.54) is 0 Å². The summed E-state index contributed by atoms with van der Waals surface area (Å²) in [6.07, 6.45) is 1.59. The summed E-state index contributed by atoms with van der Waals surface area (Å²) in [5.41, 5.74) is -0.235. The van der Waals surface area contributed by atoms with Crippen molar-refractivity contribution < 1.29 is 14.3 Å². The summed E-state index contributed by atoms with van der Waals surface area (Å²) in [5, 5.41) is 2.88. The molecule has 1 aromatic heterocycles. The van der Waals surface area contributed by atoms with Gasteiger partial charge in [0.2, 0.25) is 5.91 Å². The second kappa shape index (κ2) is 7.73. The number of hydrogen-bond acceptors (Lipinski definition) is 8. The Hall–Kier alpha value is -1.97. The van der Waals surface area contributed by atoms with E-state index in [1.807, 2.05) is 32.1 Å². The number of hydrogen-bond donors (Lipinski definition) is 1. The van der Waals surface area contributed by atoms with E-state index in [4.69, 9.17) is 9.47 Å². The second-order valence-corrected chi connectivity index (χ2v) is 7.19. The monoisotopic (exact) mass is 364 g/mol. The highest BCUT2D eigenvalue weighted by Gasteiger charge is 2.50. The van der Waals surface area contributed by atoms with Gasteiger partial charge < -0.3 is 24.6 Å². The fourth-order valence-corrected chi connectivity index (χ4v) is 3.42. The molecule has 3 rings (SSSR count). The number of nitrogens with one attached hydrogen (secondary N) is 1. The van der Waals surface area contributed by atoms with E-state index < -0.39 is 0 Å². The van der Waals surface area contributed by atoms with Crippen LogP contribution >= 0.6 is 0 Å². The van der Waals surface area contributed by atoms with Crippen LogP contribution in [0.3, 0.4) is 0 Å². The molecule has 1 N–H and O–H groups in total. The van der Waals surface area contributed by atoms with Gasteiger partial charge in [0.25, 0.3) is 0 Å². The molecule has 1 amide bonds. The maximum absolute atomic E-state index is 12.3. The van der Waals surface area contributed by atoms with Gasteiger partial charge in [-0.25, -0.2) is 9.97 Å². The molecule has 1 unspecified atom stereocenters. The number of ether oxygens (including phenoxy) is 2. The predicted molar refractivity (Wildman–Crippen MR) is 98.6 cm³/mol. The lowest BCUT2D eigenvalue weighted by atomic mass is 9.90. The van der Waals surface area contributed by atoms with Gasteiger partial charge >= 0.3 is 0 Å². The molecule has 2 fully saturated rings. The Morgan fingerprint density at radius 1 is 1.42 bits per heavy atom. The lowest BCUT2D eigenvalue weighted by Crippen LogP contribution is -2.72. The molecule has 1 atom stereocenters. The number of anilines is 2. The molecule has 144 valence electrons. The first-order valence-electron chi connectivity index (χ1n) is 8.79. The largest absolute Gasteiger partial charge is 0.383 e. The van der Waals surface area contributed by atoms with Gasteiger partial charge in [0.15, 0.2) is 0 Å². The summed E-state index contributed by atoms with van der Waals surface area (Å²) >= 11 is 0. The first-order valence-corrected chi connectivity index (χ1v) is 8.79. The Morgan fingerprint density at radius 2 is 2.19 bits per heavy atom. The SMILES string of the molecule is COCCNC(=O)C1COC2(CN(c3cc(N(C)C)ncn3)C2)CN1C. The number of rotatable bonds is 6. The van der Waals surface area contributed by atoms with Gasteiger partial charge in [0, 0.05) is 40.4 Å². The zero-order chi connectivity index (χ0) is 18.7. The highest BCUT2D eigenvalue weighted by molar-refractivity contribution is 5.82. The van der Waals surface area contributed by atoms with Gasteiger partial charge in [-0.15, -0.1) is 0 Å². The molecule has 2 aliphatic heterocycles. The molecule has 0 radical (unpaired) electrons. The van der Waals surface area contributed by atoms with Gasteiger partial charge in [-0.2, -0.15) is 0 Å². The van der Waals surface area contributed by atoms with Crippen LogP contribution in [0.4, 0.5) is 11.6 Å². The Morgan fingerprint density at radius 3 is 2.85 bits per heavy atom. The molecule has 0 bridgehead atoms. The van der Waals surface area contributed by atoms with Crippen molar-refractivity contribution in [2.75, 3.05) is 77.4 Å². The highest BCUT2D eigenvalue weighted by Crippen LogP contribution is 2.33. The van der Waals surface area contributed by atoms with Crippen molar-refractivity contribution in [3.8, 4) is 0 Å². The van der Waals surface area contributed by atoms with Crippen LogP contribution in [0.15, 0.2) is 12.4 Å². The van der Waals surface area contributed by atoms with Crippen LogP contribution in [0.5, 0.6) is 0 Å². The molecule has 9 heteroatoms. The van der Waals surface area contributed by atoms with Crippen LogP contribution in [-0.2, 0) is 14.3 Å². The van der Waals surface area contributed by atoms with Gasteiger partial charge in [-0.05, 0) is 7.05 Å². The lowest BCUT2D eigenvalue weighted by molar-refractivity contribution is -0.157. The number of nitrogens with zero attached hydrogens (tertiary/aromatic N) is 5. The number of methoxy groups -OCH3 is 1. The molecule has 0 aliphatic carbocycles. The van der Waals surface area contributed by atoms with Gasteiger partial charge in [-0.1, -0.05) is 0 Å². The minimum Gasteiger partial charge on any atom is -0.383 e. The van der Waals surface area contributed by atoms with E-state index in [-0.39, 0.29) is 17.6 Å². The normalized spacial score (nSPS) is 22.2. The molecule has 1 aromatic rings. The first kappa shape index (κ1) is 18.8. The number of morpholine rings is 1. The zero-order valence-electron chi connectivity index (χ0n) is 15.9. The quantitative estimate of drug-likeness (QED) is 0.657. The van der Waals surface area contributed by atoms with Crippen molar-refractivity contribution in [2.45, 2.75) is 11.6 Å². The minimum absolute atomic E-state index is 0.0120. The second-order valence-electron chi connectivity index (χ2n) is 7.19. The molecule has 1 spiro atoms. The highest BCUT2D eigenvalue weighted by atomic mass is 16.5. The predicted octanol–water partition coefficient (Wildman–Crippen LogP) is -0.805.